The molecule has 60 valence electrons. The summed E-state index contributed by atoms with van der Waals surface area (Å²) in [6.45, 7) is 1.18. The minimum absolute atomic E-state index is 0.304. The number of nitrogens with zero attached hydrogens (tertiary/aromatic N) is 1. The van der Waals surface area contributed by atoms with Crippen molar-refractivity contribution in [1.29, 1.82) is 0 Å². The summed E-state index contributed by atoms with van der Waals surface area (Å²) in [6, 6.07) is 1.55. The summed E-state index contributed by atoms with van der Waals surface area (Å²) < 4.78 is 1.75. The second kappa shape index (κ2) is 3.21. The highest BCUT2D eigenvalue weighted by Gasteiger charge is 2.02. The predicted molar refractivity (Wildman–Crippen MR) is 40.4 cm³/mol. The Hall–Kier alpha value is -1.29. The number of carboxylic acid groups (broad SMARTS) is 1. The SMILES string of the molecule is NCCn1ccc(C(=O)O)c1. The van der Waals surface area contributed by atoms with Gasteiger partial charge in [0.05, 0.1) is 5.56 Å². The molecule has 4 nitrogen and oxygen atoms in total. The van der Waals surface area contributed by atoms with Crippen LogP contribution in [0.4, 0.5) is 0 Å². The maximum Gasteiger partial charge on any atom is 0.337 e. The third kappa shape index (κ3) is 1.81. The van der Waals surface area contributed by atoms with E-state index in [1.54, 1.807) is 23.0 Å². The van der Waals surface area contributed by atoms with E-state index in [0.29, 0.717) is 18.7 Å². The highest BCUT2D eigenvalue weighted by molar-refractivity contribution is 5.87. The van der Waals surface area contributed by atoms with Crippen LogP contribution in [0.1, 0.15) is 10.4 Å². The molecular weight excluding hydrogens is 144 g/mol. The molecule has 0 fully saturated rings. The zero-order chi connectivity index (χ0) is 8.27. The Kier molecular flexibility index (Phi) is 2.28. The third-order valence-electron chi connectivity index (χ3n) is 1.38. The van der Waals surface area contributed by atoms with Crippen LogP contribution >= 0.6 is 0 Å². The molecular formula is C7H10N2O2. The van der Waals surface area contributed by atoms with Gasteiger partial charge >= 0.3 is 5.97 Å². The van der Waals surface area contributed by atoms with Crippen LogP contribution in [0.3, 0.4) is 0 Å². The van der Waals surface area contributed by atoms with Gasteiger partial charge in [0.1, 0.15) is 0 Å². The van der Waals surface area contributed by atoms with Gasteiger partial charge in [-0.3, -0.25) is 0 Å². The zero-order valence-corrected chi connectivity index (χ0v) is 6.03. The van der Waals surface area contributed by atoms with E-state index in [1.807, 2.05) is 0 Å². The quantitative estimate of drug-likeness (QED) is 0.651. The second-order valence-corrected chi connectivity index (χ2v) is 2.23. The molecule has 1 rings (SSSR count). The molecule has 0 radical (unpaired) electrons. The molecule has 0 spiro atoms. The van der Waals surface area contributed by atoms with Crippen molar-refractivity contribution in [1.82, 2.24) is 4.57 Å². The third-order valence-corrected chi connectivity index (χ3v) is 1.38. The van der Waals surface area contributed by atoms with Crippen LogP contribution in [0.2, 0.25) is 0 Å². The van der Waals surface area contributed by atoms with E-state index in [1.165, 1.54) is 0 Å². The van der Waals surface area contributed by atoms with Gasteiger partial charge in [0.15, 0.2) is 0 Å². The second-order valence-electron chi connectivity index (χ2n) is 2.23. The maximum absolute atomic E-state index is 10.4. The fourth-order valence-electron chi connectivity index (χ4n) is 0.855. The van der Waals surface area contributed by atoms with Gasteiger partial charge in [-0.1, -0.05) is 0 Å². The number of carbonyl (C=O) groups is 1. The number of nitrogens with two attached hydrogens (primary N) is 1. The van der Waals surface area contributed by atoms with Crippen LogP contribution in [0, 0.1) is 0 Å². The lowest BCUT2D eigenvalue weighted by molar-refractivity contribution is 0.0697. The number of rotatable bonds is 3. The predicted octanol–water partition coefficient (Wildman–Crippen LogP) is 0.145. The van der Waals surface area contributed by atoms with E-state index in [9.17, 15) is 4.79 Å². The van der Waals surface area contributed by atoms with Gasteiger partial charge in [-0.2, -0.15) is 0 Å². The minimum atomic E-state index is -0.902. The molecule has 4 heteroatoms. The van der Waals surface area contributed by atoms with Crippen LogP contribution in [0.15, 0.2) is 18.5 Å². The first-order valence-electron chi connectivity index (χ1n) is 3.33. The van der Waals surface area contributed by atoms with Crippen LogP contribution in [0.25, 0.3) is 0 Å². The Balaban J connectivity index is 2.73. The number of hydrogen-bond donors (Lipinski definition) is 2. The Morgan fingerprint density at radius 1 is 1.73 bits per heavy atom. The number of carboxylic acids is 1. The molecule has 0 saturated carbocycles. The molecule has 0 atom stereocenters. The van der Waals surface area contributed by atoms with Crippen LogP contribution in [0.5, 0.6) is 0 Å². The topological polar surface area (TPSA) is 68.2 Å². The molecule has 1 heterocycles. The van der Waals surface area contributed by atoms with Gasteiger partial charge < -0.3 is 15.4 Å². The van der Waals surface area contributed by atoms with Gasteiger partial charge in [-0.05, 0) is 6.07 Å². The van der Waals surface area contributed by atoms with Gasteiger partial charge in [-0.25, -0.2) is 4.79 Å². The van der Waals surface area contributed by atoms with Crippen molar-refractivity contribution < 1.29 is 9.90 Å². The first-order chi connectivity index (χ1) is 5.24. The van der Waals surface area contributed by atoms with Gasteiger partial charge in [0.25, 0.3) is 0 Å². The molecule has 0 saturated heterocycles. The molecule has 1 aromatic rings. The lowest BCUT2D eigenvalue weighted by atomic mass is 10.4. The van der Waals surface area contributed by atoms with Crippen molar-refractivity contribution in [2.45, 2.75) is 6.54 Å². The van der Waals surface area contributed by atoms with Crippen LogP contribution in [-0.4, -0.2) is 22.2 Å². The molecule has 3 N–H and O–H groups in total. The summed E-state index contributed by atoms with van der Waals surface area (Å²) in [5.41, 5.74) is 5.58. The van der Waals surface area contributed by atoms with Crippen LogP contribution < -0.4 is 5.73 Å². The zero-order valence-electron chi connectivity index (χ0n) is 6.03. The largest absolute Gasteiger partial charge is 0.478 e. The molecule has 0 aliphatic carbocycles. The maximum atomic E-state index is 10.4. The Morgan fingerprint density at radius 3 is 2.91 bits per heavy atom. The first-order valence-corrected chi connectivity index (χ1v) is 3.33. The van der Waals surface area contributed by atoms with E-state index >= 15 is 0 Å². The van der Waals surface area contributed by atoms with Crippen molar-refractivity contribution in [3.63, 3.8) is 0 Å². The molecule has 1 aromatic heterocycles. The summed E-state index contributed by atoms with van der Waals surface area (Å²) in [6.07, 6.45) is 3.27. The number of aromatic nitrogens is 1. The van der Waals surface area contributed by atoms with Gasteiger partial charge in [-0.15, -0.1) is 0 Å². The Morgan fingerprint density at radius 2 is 2.45 bits per heavy atom. The Bertz CT molecular complexity index is 255. The van der Waals surface area contributed by atoms with E-state index in [4.69, 9.17) is 10.8 Å². The fourth-order valence-corrected chi connectivity index (χ4v) is 0.855. The summed E-state index contributed by atoms with van der Waals surface area (Å²) >= 11 is 0. The van der Waals surface area contributed by atoms with Crippen molar-refractivity contribution in [3.8, 4) is 0 Å². The fraction of sp³-hybridized carbons (Fsp3) is 0.286. The molecule has 11 heavy (non-hydrogen) atoms. The molecule has 0 amide bonds. The van der Waals surface area contributed by atoms with Gasteiger partial charge in [0.2, 0.25) is 0 Å². The standard InChI is InChI=1S/C7H10N2O2/c8-2-4-9-3-1-6(5-9)7(10)11/h1,3,5H,2,4,8H2,(H,10,11). The van der Waals surface area contributed by atoms with Crippen molar-refractivity contribution in [2.75, 3.05) is 6.54 Å². The average Bonchev–Trinajstić information content (AvgIpc) is 2.37. The average molecular weight is 154 g/mol. The molecule has 0 aromatic carbocycles. The number of aromatic carboxylic acids is 1. The normalized spacial score (nSPS) is 9.91. The molecule has 0 aliphatic heterocycles. The lowest BCUT2D eigenvalue weighted by Gasteiger charge is -1.95. The number of hydrogen-bond acceptors (Lipinski definition) is 2. The van der Waals surface area contributed by atoms with Gasteiger partial charge in [0, 0.05) is 25.5 Å². The van der Waals surface area contributed by atoms with Crippen LogP contribution in [-0.2, 0) is 6.54 Å². The van der Waals surface area contributed by atoms with E-state index in [0.717, 1.165) is 0 Å². The van der Waals surface area contributed by atoms with Crippen molar-refractivity contribution in [3.05, 3.63) is 24.0 Å². The summed E-state index contributed by atoms with van der Waals surface area (Å²) in [7, 11) is 0. The molecule has 0 aliphatic rings. The minimum Gasteiger partial charge on any atom is -0.478 e. The Labute approximate surface area is 64.2 Å². The molecule has 0 unspecified atom stereocenters. The van der Waals surface area contributed by atoms with E-state index in [-0.39, 0.29) is 0 Å². The molecule has 0 bridgehead atoms. The summed E-state index contributed by atoms with van der Waals surface area (Å²) in [5.74, 6) is -0.902. The lowest BCUT2D eigenvalue weighted by Crippen LogP contribution is -2.08. The summed E-state index contributed by atoms with van der Waals surface area (Å²) in [5, 5.41) is 8.52. The highest BCUT2D eigenvalue weighted by atomic mass is 16.4. The van der Waals surface area contributed by atoms with E-state index < -0.39 is 5.97 Å². The van der Waals surface area contributed by atoms with E-state index in [2.05, 4.69) is 0 Å². The van der Waals surface area contributed by atoms with Crippen molar-refractivity contribution >= 4 is 5.97 Å². The first kappa shape index (κ1) is 7.81. The monoisotopic (exact) mass is 154 g/mol. The summed E-state index contributed by atoms with van der Waals surface area (Å²) in [4.78, 5) is 10.4. The smallest absolute Gasteiger partial charge is 0.337 e. The van der Waals surface area contributed by atoms with Crippen molar-refractivity contribution in [2.24, 2.45) is 5.73 Å². The highest BCUT2D eigenvalue weighted by Crippen LogP contribution is 1.99.